The van der Waals surface area contributed by atoms with E-state index in [4.69, 9.17) is 27.9 Å². The zero-order valence-corrected chi connectivity index (χ0v) is 15.5. The van der Waals surface area contributed by atoms with E-state index in [1.54, 1.807) is 39.0 Å². The van der Waals surface area contributed by atoms with Crippen LogP contribution in [0.3, 0.4) is 0 Å². The van der Waals surface area contributed by atoms with Gasteiger partial charge in [0.15, 0.2) is 0 Å². The van der Waals surface area contributed by atoms with Crippen molar-refractivity contribution in [2.45, 2.75) is 33.4 Å². The number of aromatic nitrogens is 1. The van der Waals surface area contributed by atoms with Gasteiger partial charge in [0.2, 0.25) is 0 Å². The van der Waals surface area contributed by atoms with Gasteiger partial charge in [0.1, 0.15) is 0 Å². The lowest BCUT2D eigenvalue weighted by molar-refractivity contribution is 0.0377. The van der Waals surface area contributed by atoms with Gasteiger partial charge < -0.3 is 10.1 Å². The van der Waals surface area contributed by atoms with E-state index < -0.39 is 5.97 Å². The van der Waals surface area contributed by atoms with E-state index in [1.165, 1.54) is 0 Å². The van der Waals surface area contributed by atoms with Gasteiger partial charge in [-0.05, 0) is 26.8 Å². The number of carbonyl (C=O) groups excluding carboxylic acids is 2. The van der Waals surface area contributed by atoms with Crippen LogP contribution in [-0.4, -0.2) is 23.0 Å². The minimum absolute atomic E-state index is 0.230. The Bertz CT molecular complexity index is 894. The van der Waals surface area contributed by atoms with E-state index in [2.05, 4.69) is 10.3 Å². The Balaban J connectivity index is 2.36. The second-order valence-electron chi connectivity index (χ2n) is 6.01. The number of ether oxygens (including phenoxy) is 1. The first kappa shape index (κ1) is 17.7. The number of hydrogen-bond acceptors (Lipinski definition) is 4. The van der Waals surface area contributed by atoms with Gasteiger partial charge in [0.05, 0.1) is 45.2 Å². The largest absolute Gasteiger partial charge is 0.459 e. The fourth-order valence-corrected chi connectivity index (χ4v) is 3.27. The highest BCUT2D eigenvalue weighted by Gasteiger charge is 2.32. The van der Waals surface area contributed by atoms with Gasteiger partial charge in [-0.1, -0.05) is 35.3 Å². The summed E-state index contributed by atoms with van der Waals surface area (Å²) in [6.07, 6.45) is -0.309. The van der Waals surface area contributed by atoms with Crippen molar-refractivity contribution in [3.05, 3.63) is 50.8 Å². The van der Waals surface area contributed by atoms with Crippen molar-refractivity contribution >= 4 is 35.1 Å². The predicted octanol–water partition coefficient (Wildman–Crippen LogP) is 4.17. The number of halogens is 2. The summed E-state index contributed by atoms with van der Waals surface area (Å²) in [7, 11) is 0. The van der Waals surface area contributed by atoms with Crippen LogP contribution >= 0.6 is 23.2 Å². The van der Waals surface area contributed by atoms with Crippen LogP contribution in [0.2, 0.25) is 10.0 Å². The van der Waals surface area contributed by atoms with Crippen LogP contribution in [0.25, 0.3) is 11.1 Å². The predicted molar refractivity (Wildman–Crippen MR) is 96.2 cm³/mol. The van der Waals surface area contributed by atoms with Crippen LogP contribution in [0.1, 0.15) is 46.0 Å². The van der Waals surface area contributed by atoms with Crippen molar-refractivity contribution in [1.29, 1.82) is 0 Å². The summed E-state index contributed by atoms with van der Waals surface area (Å²) in [6, 6.07) is 5.09. The summed E-state index contributed by atoms with van der Waals surface area (Å²) in [6.45, 7) is 5.53. The number of amides is 1. The Kier molecular flexibility index (Phi) is 4.71. The first-order valence-corrected chi connectivity index (χ1v) is 8.54. The van der Waals surface area contributed by atoms with E-state index >= 15 is 0 Å². The minimum atomic E-state index is -0.548. The molecule has 0 spiro atoms. The highest BCUT2D eigenvalue weighted by atomic mass is 35.5. The SMILES string of the molecule is Cc1nc2c(c(-c3cccc(Cl)c3Cl)c1C(=O)OC(C)C)C(=O)NC2. The molecule has 2 aromatic rings. The highest BCUT2D eigenvalue weighted by Crippen LogP contribution is 2.40. The van der Waals surface area contributed by atoms with E-state index in [-0.39, 0.29) is 22.6 Å². The first-order valence-electron chi connectivity index (χ1n) is 7.78. The number of hydrogen-bond donors (Lipinski definition) is 1. The van der Waals surface area contributed by atoms with E-state index in [0.29, 0.717) is 39.6 Å². The summed E-state index contributed by atoms with van der Waals surface area (Å²) in [5, 5.41) is 3.34. The molecule has 0 radical (unpaired) electrons. The quantitative estimate of drug-likeness (QED) is 0.813. The number of rotatable bonds is 3. The van der Waals surface area contributed by atoms with Gasteiger partial charge in [0, 0.05) is 11.1 Å². The van der Waals surface area contributed by atoms with Gasteiger partial charge in [-0.2, -0.15) is 0 Å². The fourth-order valence-electron chi connectivity index (χ4n) is 2.88. The maximum absolute atomic E-state index is 12.7. The van der Waals surface area contributed by atoms with Crippen LogP contribution in [0.15, 0.2) is 18.2 Å². The first-order chi connectivity index (χ1) is 11.8. The molecule has 0 saturated carbocycles. The molecule has 25 heavy (non-hydrogen) atoms. The lowest BCUT2D eigenvalue weighted by atomic mass is 9.93. The van der Waals surface area contributed by atoms with Gasteiger partial charge >= 0.3 is 5.97 Å². The number of benzene rings is 1. The summed E-state index contributed by atoms with van der Waals surface area (Å²) < 4.78 is 5.36. The molecule has 1 aliphatic rings. The number of nitrogens with zero attached hydrogens (tertiary/aromatic N) is 1. The molecule has 0 fully saturated rings. The molecule has 3 rings (SSSR count). The lowest BCUT2D eigenvalue weighted by Crippen LogP contribution is -2.18. The molecule has 1 amide bonds. The normalized spacial score (nSPS) is 13.0. The molecule has 0 unspecified atom stereocenters. The van der Waals surface area contributed by atoms with E-state index in [1.807, 2.05) is 0 Å². The molecule has 1 aromatic carbocycles. The van der Waals surface area contributed by atoms with Crippen LogP contribution in [0.4, 0.5) is 0 Å². The Labute approximate surface area is 155 Å². The molecule has 2 heterocycles. The molecule has 1 aromatic heterocycles. The summed E-state index contributed by atoms with van der Waals surface area (Å²) >= 11 is 12.5. The zero-order valence-electron chi connectivity index (χ0n) is 13.9. The lowest BCUT2D eigenvalue weighted by Gasteiger charge is -2.17. The third kappa shape index (κ3) is 3.10. The second kappa shape index (κ2) is 6.65. The monoisotopic (exact) mass is 378 g/mol. The molecule has 1 aliphatic heterocycles. The minimum Gasteiger partial charge on any atom is -0.459 e. The molecule has 0 aliphatic carbocycles. The summed E-state index contributed by atoms with van der Waals surface area (Å²) in [5.41, 5.74) is 2.54. The molecule has 0 atom stereocenters. The second-order valence-corrected chi connectivity index (χ2v) is 6.79. The molecule has 1 N–H and O–H groups in total. The molecular formula is C18H16Cl2N2O3. The maximum Gasteiger partial charge on any atom is 0.340 e. The number of aryl methyl sites for hydroxylation is 1. The Morgan fingerprint density at radius 3 is 2.68 bits per heavy atom. The smallest absolute Gasteiger partial charge is 0.340 e. The summed E-state index contributed by atoms with van der Waals surface area (Å²) in [5.74, 6) is -0.847. The van der Waals surface area contributed by atoms with Gasteiger partial charge in [-0.15, -0.1) is 0 Å². The molecule has 0 saturated heterocycles. The van der Waals surface area contributed by atoms with Gasteiger partial charge in [-0.25, -0.2) is 4.79 Å². The number of pyridine rings is 1. The molecule has 7 heteroatoms. The average molecular weight is 379 g/mol. The van der Waals surface area contributed by atoms with Crippen LogP contribution in [-0.2, 0) is 11.3 Å². The van der Waals surface area contributed by atoms with Gasteiger partial charge in [0.25, 0.3) is 5.91 Å². The number of esters is 1. The van der Waals surface area contributed by atoms with Crippen LogP contribution in [0.5, 0.6) is 0 Å². The van der Waals surface area contributed by atoms with Crippen molar-refractivity contribution in [3.8, 4) is 11.1 Å². The highest BCUT2D eigenvalue weighted by molar-refractivity contribution is 6.44. The van der Waals surface area contributed by atoms with Crippen LogP contribution in [0, 0.1) is 6.92 Å². The molecule has 0 bridgehead atoms. The Morgan fingerprint density at radius 2 is 2.00 bits per heavy atom. The Hall–Kier alpha value is -2.11. The van der Waals surface area contributed by atoms with Crippen molar-refractivity contribution in [2.24, 2.45) is 0 Å². The van der Waals surface area contributed by atoms with Crippen molar-refractivity contribution in [1.82, 2.24) is 10.3 Å². The zero-order chi connectivity index (χ0) is 18.3. The third-order valence-corrected chi connectivity index (χ3v) is 4.68. The van der Waals surface area contributed by atoms with E-state index in [0.717, 1.165) is 0 Å². The standard InChI is InChI=1S/C18H16Cl2N2O3/c1-8(2)25-18(24)13-9(3)22-12-7-21-17(23)15(12)14(13)10-5-4-6-11(19)16(10)20/h4-6,8H,7H2,1-3H3,(H,21,23). The maximum atomic E-state index is 12.7. The van der Waals surface area contributed by atoms with Crippen LogP contribution < -0.4 is 5.32 Å². The summed E-state index contributed by atoms with van der Waals surface area (Å²) in [4.78, 5) is 29.5. The number of nitrogens with one attached hydrogen (secondary N) is 1. The number of fused-ring (bicyclic) bond motifs is 1. The van der Waals surface area contributed by atoms with Crippen molar-refractivity contribution in [3.63, 3.8) is 0 Å². The molecular weight excluding hydrogens is 363 g/mol. The molecule has 130 valence electrons. The molecule has 5 nitrogen and oxygen atoms in total. The number of carbonyl (C=O) groups is 2. The van der Waals surface area contributed by atoms with Gasteiger partial charge in [-0.3, -0.25) is 9.78 Å². The van der Waals surface area contributed by atoms with Crippen molar-refractivity contribution < 1.29 is 14.3 Å². The average Bonchev–Trinajstić information content (AvgIpc) is 2.89. The Morgan fingerprint density at radius 1 is 1.28 bits per heavy atom. The van der Waals surface area contributed by atoms with E-state index in [9.17, 15) is 9.59 Å². The third-order valence-electron chi connectivity index (χ3n) is 3.86. The van der Waals surface area contributed by atoms with Crippen molar-refractivity contribution in [2.75, 3.05) is 0 Å². The fraction of sp³-hybridized carbons (Fsp3) is 0.278. The topological polar surface area (TPSA) is 68.3 Å².